The molecular weight excluding hydrogens is 252 g/mol. The van der Waals surface area contributed by atoms with E-state index in [1.165, 1.54) is 0 Å². The molecule has 6 heteroatoms. The number of sulfonamides is 1. The summed E-state index contributed by atoms with van der Waals surface area (Å²) in [5, 5.41) is 2.95. The van der Waals surface area contributed by atoms with Gasteiger partial charge in [-0.15, -0.1) is 0 Å². The summed E-state index contributed by atoms with van der Waals surface area (Å²) in [6.45, 7) is 3.53. The van der Waals surface area contributed by atoms with E-state index in [9.17, 15) is 8.42 Å². The minimum Gasteiger partial charge on any atom is -0.381 e. The van der Waals surface area contributed by atoms with E-state index < -0.39 is 10.0 Å². The number of hydrogen-bond donors (Lipinski definition) is 1. The first-order chi connectivity index (χ1) is 8.64. The molecule has 5 nitrogen and oxygen atoms in total. The minimum atomic E-state index is -3.09. The molecule has 2 rings (SSSR count). The molecule has 0 bridgehead atoms. The van der Waals surface area contributed by atoms with Gasteiger partial charge < -0.3 is 10.1 Å². The van der Waals surface area contributed by atoms with E-state index in [4.69, 9.17) is 4.74 Å². The van der Waals surface area contributed by atoms with Gasteiger partial charge in [0, 0.05) is 26.3 Å². The fourth-order valence-corrected chi connectivity index (χ4v) is 4.77. The molecule has 2 saturated heterocycles. The quantitative estimate of drug-likeness (QED) is 0.809. The molecule has 0 unspecified atom stereocenters. The molecule has 0 amide bonds. The predicted molar refractivity (Wildman–Crippen MR) is 71.0 cm³/mol. The highest BCUT2D eigenvalue weighted by Gasteiger charge is 2.35. The zero-order valence-electron chi connectivity index (χ0n) is 11.1. The molecular formula is C12H24N2O3S. The number of rotatable bonds is 4. The van der Waals surface area contributed by atoms with Gasteiger partial charge in [-0.2, -0.15) is 0 Å². The molecule has 18 heavy (non-hydrogen) atoms. The van der Waals surface area contributed by atoms with E-state index in [1.807, 2.05) is 7.05 Å². The first-order valence-corrected chi connectivity index (χ1v) is 8.36. The van der Waals surface area contributed by atoms with Crippen LogP contribution in [0.25, 0.3) is 0 Å². The molecule has 0 saturated carbocycles. The Bertz CT molecular complexity index is 344. The van der Waals surface area contributed by atoms with Crippen LogP contribution in [0.5, 0.6) is 0 Å². The zero-order chi connectivity index (χ0) is 13.0. The fraction of sp³-hybridized carbons (Fsp3) is 1.00. The Balaban J connectivity index is 1.91. The van der Waals surface area contributed by atoms with E-state index in [-0.39, 0.29) is 5.25 Å². The van der Waals surface area contributed by atoms with Gasteiger partial charge in [0.15, 0.2) is 0 Å². The molecule has 2 fully saturated rings. The molecule has 2 aliphatic heterocycles. The van der Waals surface area contributed by atoms with Gasteiger partial charge >= 0.3 is 0 Å². The van der Waals surface area contributed by atoms with Crippen molar-refractivity contribution in [1.29, 1.82) is 0 Å². The largest absolute Gasteiger partial charge is 0.381 e. The van der Waals surface area contributed by atoms with Gasteiger partial charge in [0.1, 0.15) is 0 Å². The van der Waals surface area contributed by atoms with Gasteiger partial charge in [-0.25, -0.2) is 12.7 Å². The zero-order valence-corrected chi connectivity index (χ0v) is 11.9. The van der Waals surface area contributed by atoms with Crippen molar-refractivity contribution >= 4 is 10.0 Å². The second kappa shape index (κ2) is 6.32. The van der Waals surface area contributed by atoms with Gasteiger partial charge in [0.2, 0.25) is 10.0 Å². The van der Waals surface area contributed by atoms with Crippen LogP contribution in [0.2, 0.25) is 0 Å². The van der Waals surface area contributed by atoms with Crippen molar-refractivity contribution in [1.82, 2.24) is 9.62 Å². The Kier molecular flexibility index (Phi) is 5.00. The van der Waals surface area contributed by atoms with Crippen molar-refractivity contribution in [2.45, 2.75) is 30.9 Å². The van der Waals surface area contributed by atoms with E-state index in [1.54, 1.807) is 4.31 Å². The Morgan fingerprint density at radius 3 is 2.33 bits per heavy atom. The molecule has 0 aromatic carbocycles. The summed E-state index contributed by atoms with van der Waals surface area (Å²) in [5.74, 6) is 0.621. The van der Waals surface area contributed by atoms with Crippen LogP contribution in [0.1, 0.15) is 25.7 Å². The molecule has 2 aliphatic rings. The monoisotopic (exact) mass is 276 g/mol. The van der Waals surface area contributed by atoms with Crippen LogP contribution in [-0.2, 0) is 14.8 Å². The molecule has 0 aromatic rings. The summed E-state index contributed by atoms with van der Waals surface area (Å²) in [6.07, 6.45) is 3.25. The van der Waals surface area contributed by atoms with Gasteiger partial charge in [-0.1, -0.05) is 0 Å². The van der Waals surface area contributed by atoms with Gasteiger partial charge in [0.25, 0.3) is 0 Å². The molecule has 2 heterocycles. The molecule has 0 atom stereocenters. The lowest BCUT2D eigenvalue weighted by molar-refractivity contribution is 0.0968. The average Bonchev–Trinajstić information content (AvgIpc) is 2.41. The van der Waals surface area contributed by atoms with E-state index in [0.717, 1.165) is 19.4 Å². The lowest BCUT2D eigenvalue weighted by Crippen LogP contribution is -2.46. The number of hydrogen-bond acceptors (Lipinski definition) is 4. The van der Waals surface area contributed by atoms with Crippen molar-refractivity contribution in [3.8, 4) is 0 Å². The third kappa shape index (κ3) is 3.23. The summed E-state index contributed by atoms with van der Waals surface area (Å²) in [6, 6.07) is 0. The average molecular weight is 276 g/mol. The van der Waals surface area contributed by atoms with Crippen LogP contribution in [0.4, 0.5) is 0 Å². The van der Waals surface area contributed by atoms with Crippen molar-refractivity contribution in [2.24, 2.45) is 5.92 Å². The maximum absolute atomic E-state index is 12.5. The summed E-state index contributed by atoms with van der Waals surface area (Å²) in [7, 11) is -1.14. The summed E-state index contributed by atoms with van der Waals surface area (Å²) < 4.78 is 31.9. The lowest BCUT2D eigenvalue weighted by atomic mass is 9.98. The summed E-state index contributed by atoms with van der Waals surface area (Å²) in [5.41, 5.74) is 0. The van der Waals surface area contributed by atoms with Crippen LogP contribution < -0.4 is 5.32 Å². The lowest BCUT2D eigenvalue weighted by Gasteiger charge is -2.34. The number of nitrogens with one attached hydrogen (secondary N) is 1. The molecule has 106 valence electrons. The predicted octanol–water partition coefficient (Wildman–Crippen LogP) is 0.427. The highest BCUT2D eigenvalue weighted by molar-refractivity contribution is 7.89. The second-order valence-corrected chi connectivity index (χ2v) is 7.47. The van der Waals surface area contributed by atoms with Crippen molar-refractivity contribution in [3.63, 3.8) is 0 Å². The SMILES string of the molecule is CNCC1CCN(S(=O)(=O)C2CCOCC2)CC1. The second-order valence-electron chi connectivity index (χ2n) is 5.26. The Morgan fingerprint density at radius 1 is 1.17 bits per heavy atom. The van der Waals surface area contributed by atoms with E-state index >= 15 is 0 Å². The molecule has 0 aliphatic carbocycles. The van der Waals surface area contributed by atoms with Gasteiger partial charge in [-0.3, -0.25) is 0 Å². The first-order valence-electron chi connectivity index (χ1n) is 6.86. The highest BCUT2D eigenvalue weighted by Crippen LogP contribution is 2.25. The van der Waals surface area contributed by atoms with Crippen LogP contribution in [0, 0.1) is 5.92 Å². The van der Waals surface area contributed by atoms with Crippen molar-refractivity contribution in [3.05, 3.63) is 0 Å². The van der Waals surface area contributed by atoms with E-state index in [0.29, 0.717) is 45.1 Å². The fourth-order valence-electron chi connectivity index (χ4n) is 2.84. The number of piperidine rings is 1. The summed E-state index contributed by atoms with van der Waals surface area (Å²) in [4.78, 5) is 0. The third-order valence-electron chi connectivity index (χ3n) is 4.02. The van der Waals surface area contributed by atoms with Crippen molar-refractivity contribution in [2.75, 3.05) is 39.9 Å². The van der Waals surface area contributed by atoms with Crippen LogP contribution in [-0.4, -0.2) is 57.9 Å². The van der Waals surface area contributed by atoms with Gasteiger partial charge in [0.05, 0.1) is 5.25 Å². The van der Waals surface area contributed by atoms with Crippen LogP contribution in [0.3, 0.4) is 0 Å². The molecule has 0 spiro atoms. The normalized spacial score (nSPS) is 25.4. The maximum atomic E-state index is 12.5. The first kappa shape index (κ1) is 14.2. The third-order valence-corrected chi connectivity index (χ3v) is 6.41. The minimum absolute atomic E-state index is 0.216. The van der Waals surface area contributed by atoms with Crippen LogP contribution >= 0.6 is 0 Å². The maximum Gasteiger partial charge on any atom is 0.217 e. The molecule has 0 radical (unpaired) electrons. The Labute approximate surface area is 110 Å². The number of ether oxygens (including phenoxy) is 1. The highest BCUT2D eigenvalue weighted by atomic mass is 32.2. The van der Waals surface area contributed by atoms with E-state index in [2.05, 4.69) is 5.32 Å². The Hall–Kier alpha value is -0.170. The standard InChI is InChI=1S/C12H24N2O3S/c1-13-10-11-2-6-14(7-3-11)18(15,16)12-4-8-17-9-5-12/h11-13H,2-10H2,1H3. The molecule has 0 aromatic heterocycles. The van der Waals surface area contributed by atoms with Crippen molar-refractivity contribution < 1.29 is 13.2 Å². The smallest absolute Gasteiger partial charge is 0.217 e. The topological polar surface area (TPSA) is 58.6 Å². The summed E-state index contributed by atoms with van der Waals surface area (Å²) >= 11 is 0. The Morgan fingerprint density at radius 2 is 1.78 bits per heavy atom. The number of nitrogens with zero attached hydrogens (tertiary/aromatic N) is 1. The molecule has 1 N–H and O–H groups in total. The van der Waals surface area contributed by atoms with Crippen LogP contribution in [0.15, 0.2) is 0 Å². The van der Waals surface area contributed by atoms with Gasteiger partial charge in [-0.05, 0) is 45.2 Å².